The molecule has 2 rings (SSSR count). The highest BCUT2D eigenvalue weighted by Gasteiger charge is 2.07. The van der Waals surface area contributed by atoms with Crippen LogP contribution < -0.4 is 5.32 Å². The summed E-state index contributed by atoms with van der Waals surface area (Å²) in [5, 5.41) is 4.87. The SMILES string of the molecule is CCN(CC)CCC[C@@H](C)Nc1ccnc2cc(C)ccc12. The van der Waals surface area contributed by atoms with Crippen LogP contribution in [0.3, 0.4) is 0 Å². The minimum Gasteiger partial charge on any atom is -0.382 e. The van der Waals surface area contributed by atoms with Crippen LogP contribution in [0, 0.1) is 6.92 Å². The van der Waals surface area contributed by atoms with Crippen molar-refractivity contribution in [3.8, 4) is 0 Å². The van der Waals surface area contributed by atoms with Crippen molar-refractivity contribution in [3.63, 3.8) is 0 Å². The molecule has 0 bridgehead atoms. The normalized spacial score (nSPS) is 12.8. The van der Waals surface area contributed by atoms with Crippen LogP contribution in [-0.4, -0.2) is 35.6 Å². The molecule has 0 saturated carbocycles. The molecule has 0 fully saturated rings. The molecule has 0 unspecified atom stereocenters. The molecule has 1 atom stereocenters. The fraction of sp³-hybridized carbons (Fsp3) is 0.526. The zero-order valence-corrected chi connectivity index (χ0v) is 14.4. The second-order valence-electron chi connectivity index (χ2n) is 6.09. The van der Waals surface area contributed by atoms with Crippen molar-refractivity contribution >= 4 is 16.6 Å². The lowest BCUT2D eigenvalue weighted by molar-refractivity contribution is 0.295. The Morgan fingerprint density at radius 2 is 1.95 bits per heavy atom. The number of aryl methyl sites for hydroxylation is 1. The van der Waals surface area contributed by atoms with Gasteiger partial charge in [-0.1, -0.05) is 26.0 Å². The maximum atomic E-state index is 4.47. The number of aromatic nitrogens is 1. The van der Waals surface area contributed by atoms with E-state index in [1.54, 1.807) is 0 Å². The van der Waals surface area contributed by atoms with Gasteiger partial charge in [0.1, 0.15) is 0 Å². The number of nitrogens with zero attached hydrogens (tertiary/aromatic N) is 2. The lowest BCUT2D eigenvalue weighted by Crippen LogP contribution is -2.25. The number of hydrogen-bond donors (Lipinski definition) is 1. The Bertz CT molecular complexity index is 590. The predicted octanol–water partition coefficient (Wildman–Crippen LogP) is 4.47. The molecule has 0 aliphatic rings. The number of fused-ring (bicyclic) bond motifs is 1. The highest BCUT2D eigenvalue weighted by Crippen LogP contribution is 2.23. The smallest absolute Gasteiger partial charge is 0.0725 e. The summed E-state index contributed by atoms with van der Waals surface area (Å²) < 4.78 is 0. The fourth-order valence-corrected chi connectivity index (χ4v) is 2.88. The van der Waals surface area contributed by atoms with E-state index in [0.717, 1.165) is 18.6 Å². The lowest BCUT2D eigenvalue weighted by Gasteiger charge is -2.20. The lowest BCUT2D eigenvalue weighted by atomic mass is 10.1. The maximum Gasteiger partial charge on any atom is 0.0725 e. The highest BCUT2D eigenvalue weighted by molar-refractivity contribution is 5.91. The summed E-state index contributed by atoms with van der Waals surface area (Å²) in [5.41, 5.74) is 3.52. The largest absolute Gasteiger partial charge is 0.382 e. The third-order valence-corrected chi connectivity index (χ3v) is 4.31. The van der Waals surface area contributed by atoms with Gasteiger partial charge in [0.25, 0.3) is 0 Å². The van der Waals surface area contributed by atoms with E-state index in [1.807, 2.05) is 6.20 Å². The van der Waals surface area contributed by atoms with Crippen LogP contribution in [-0.2, 0) is 0 Å². The molecule has 0 aliphatic carbocycles. The number of nitrogens with one attached hydrogen (secondary N) is 1. The van der Waals surface area contributed by atoms with Gasteiger partial charge in [-0.25, -0.2) is 0 Å². The van der Waals surface area contributed by atoms with Gasteiger partial charge in [-0.2, -0.15) is 0 Å². The van der Waals surface area contributed by atoms with Gasteiger partial charge in [0, 0.05) is 23.3 Å². The summed E-state index contributed by atoms with van der Waals surface area (Å²) in [6, 6.07) is 9.02. The van der Waals surface area contributed by atoms with Crippen LogP contribution in [0.15, 0.2) is 30.5 Å². The fourth-order valence-electron chi connectivity index (χ4n) is 2.88. The summed E-state index contributed by atoms with van der Waals surface area (Å²) in [5.74, 6) is 0. The molecule has 3 nitrogen and oxygen atoms in total. The minimum atomic E-state index is 0.475. The van der Waals surface area contributed by atoms with Gasteiger partial charge in [-0.3, -0.25) is 4.98 Å². The van der Waals surface area contributed by atoms with Crippen LogP contribution in [0.5, 0.6) is 0 Å². The van der Waals surface area contributed by atoms with Crippen molar-refractivity contribution in [2.24, 2.45) is 0 Å². The first-order chi connectivity index (χ1) is 10.6. The summed E-state index contributed by atoms with van der Waals surface area (Å²) >= 11 is 0. The zero-order valence-electron chi connectivity index (χ0n) is 14.4. The van der Waals surface area contributed by atoms with Gasteiger partial charge in [-0.05, 0) is 64.0 Å². The average molecular weight is 299 g/mol. The monoisotopic (exact) mass is 299 g/mol. The average Bonchev–Trinajstić information content (AvgIpc) is 2.51. The molecule has 1 N–H and O–H groups in total. The van der Waals surface area contributed by atoms with Gasteiger partial charge in [0.05, 0.1) is 5.52 Å². The number of benzene rings is 1. The standard InChI is InChI=1S/C19H29N3/c1-5-22(6-2)13-7-8-16(4)21-18-11-12-20-19-14-15(3)9-10-17(18)19/h9-12,14,16H,5-8,13H2,1-4H3,(H,20,21)/t16-/m1/s1. The third-order valence-electron chi connectivity index (χ3n) is 4.31. The van der Waals surface area contributed by atoms with Crippen molar-refractivity contribution in [2.45, 2.75) is 46.6 Å². The van der Waals surface area contributed by atoms with Crippen molar-refractivity contribution in [2.75, 3.05) is 25.0 Å². The molecular formula is C19H29N3. The summed E-state index contributed by atoms with van der Waals surface area (Å²) in [6.45, 7) is 12.3. The van der Waals surface area contributed by atoms with E-state index in [0.29, 0.717) is 6.04 Å². The molecule has 0 saturated heterocycles. The van der Waals surface area contributed by atoms with E-state index in [4.69, 9.17) is 0 Å². The van der Waals surface area contributed by atoms with Gasteiger partial charge in [-0.15, -0.1) is 0 Å². The highest BCUT2D eigenvalue weighted by atomic mass is 15.1. The molecule has 0 aliphatic heterocycles. The van der Waals surface area contributed by atoms with E-state index in [-0.39, 0.29) is 0 Å². The Hall–Kier alpha value is -1.61. The first kappa shape index (κ1) is 16.8. The van der Waals surface area contributed by atoms with E-state index in [2.05, 4.69) is 67.2 Å². The molecule has 1 heterocycles. The number of rotatable bonds is 8. The summed E-state index contributed by atoms with van der Waals surface area (Å²) in [7, 11) is 0. The first-order valence-corrected chi connectivity index (χ1v) is 8.48. The number of pyridine rings is 1. The maximum absolute atomic E-state index is 4.47. The van der Waals surface area contributed by atoms with E-state index >= 15 is 0 Å². The van der Waals surface area contributed by atoms with Crippen LogP contribution in [0.2, 0.25) is 0 Å². The number of hydrogen-bond acceptors (Lipinski definition) is 3. The zero-order chi connectivity index (χ0) is 15.9. The molecule has 2 aromatic rings. The minimum absolute atomic E-state index is 0.475. The van der Waals surface area contributed by atoms with Crippen LogP contribution in [0.1, 0.15) is 39.2 Å². The van der Waals surface area contributed by atoms with Crippen LogP contribution in [0.4, 0.5) is 5.69 Å². The van der Waals surface area contributed by atoms with Crippen molar-refractivity contribution in [3.05, 3.63) is 36.0 Å². The Morgan fingerprint density at radius 1 is 1.18 bits per heavy atom. The van der Waals surface area contributed by atoms with Gasteiger partial charge >= 0.3 is 0 Å². The molecule has 3 heteroatoms. The molecule has 0 radical (unpaired) electrons. The first-order valence-electron chi connectivity index (χ1n) is 8.48. The molecule has 120 valence electrons. The Kier molecular flexibility index (Phi) is 6.20. The molecule has 1 aromatic heterocycles. The molecule has 1 aromatic carbocycles. The third kappa shape index (κ3) is 4.44. The molecule has 0 spiro atoms. The van der Waals surface area contributed by atoms with Gasteiger partial charge in [0.15, 0.2) is 0 Å². The predicted molar refractivity (Wildman–Crippen MR) is 96.6 cm³/mol. The topological polar surface area (TPSA) is 28.2 Å². The molecular weight excluding hydrogens is 270 g/mol. The quantitative estimate of drug-likeness (QED) is 0.779. The van der Waals surface area contributed by atoms with E-state index in [9.17, 15) is 0 Å². The Labute approximate surface area is 134 Å². The van der Waals surface area contributed by atoms with E-state index in [1.165, 1.54) is 36.0 Å². The number of anilines is 1. The van der Waals surface area contributed by atoms with Crippen molar-refractivity contribution in [1.29, 1.82) is 0 Å². The van der Waals surface area contributed by atoms with Crippen LogP contribution >= 0.6 is 0 Å². The van der Waals surface area contributed by atoms with E-state index < -0.39 is 0 Å². The summed E-state index contributed by atoms with van der Waals surface area (Å²) in [6.07, 6.45) is 4.32. The Morgan fingerprint density at radius 3 is 2.68 bits per heavy atom. The molecule has 0 amide bonds. The second kappa shape index (κ2) is 8.14. The van der Waals surface area contributed by atoms with Gasteiger partial charge in [0.2, 0.25) is 0 Å². The Balaban J connectivity index is 1.95. The van der Waals surface area contributed by atoms with Gasteiger partial charge < -0.3 is 10.2 Å². The summed E-state index contributed by atoms with van der Waals surface area (Å²) in [4.78, 5) is 6.95. The molecule has 22 heavy (non-hydrogen) atoms. The van der Waals surface area contributed by atoms with Crippen LogP contribution in [0.25, 0.3) is 10.9 Å². The second-order valence-corrected chi connectivity index (χ2v) is 6.09. The van der Waals surface area contributed by atoms with Crippen molar-refractivity contribution < 1.29 is 0 Å². The van der Waals surface area contributed by atoms with Crippen molar-refractivity contribution in [1.82, 2.24) is 9.88 Å².